The van der Waals surface area contributed by atoms with E-state index in [1.807, 2.05) is 24.3 Å². The number of nitrogens with one attached hydrogen (secondary N) is 2. The van der Waals surface area contributed by atoms with E-state index < -0.39 is 0 Å². The molecule has 1 aromatic carbocycles. The summed E-state index contributed by atoms with van der Waals surface area (Å²) in [5, 5.41) is 7.30. The van der Waals surface area contributed by atoms with Crippen molar-refractivity contribution in [3.8, 4) is 0 Å². The van der Waals surface area contributed by atoms with Crippen molar-refractivity contribution < 1.29 is 0 Å². The molecule has 3 nitrogen and oxygen atoms in total. The normalized spacial score (nSPS) is 11.7. The van der Waals surface area contributed by atoms with E-state index in [4.69, 9.17) is 11.6 Å². The Morgan fingerprint density at radius 2 is 1.89 bits per heavy atom. The summed E-state index contributed by atoms with van der Waals surface area (Å²) in [6, 6.07) is 7.79. The molecule has 0 fully saturated rings. The second kappa shape index (κ2) is 7.84. The van der Waals surface area contributed by atoms with Crippen molar-refractivity contribution in [3.05, 3.63) is 34.9 Å². The summed E-state index contributed by atoms with van der Waals surface area (Å²) in [6.45, 7) is 6.94. The molecule has 18 heavy (non-hydrogen) atoms. The number of hydrogen-bond donors (Lipinski definition) is 2. The second-order valence-electron chi connectivity index (χ2n) is 4.89. The van der Waals surface area contributed by atoms with Crippen LogP contribution in [0, 0.1) is 0 Å². The van der Waals surface area contributed by atoms with Crippen LogP contribution >= 0.6 is 35.6 Å². The molecule has 0 aliphatic heterocycles. The summed E-state index contributed by atoms with van der Waals surface area (Å²) >= 11 is 6.08. The van der Waals surface area contributed by atoms with Crippen molar-refractivity contribution in [1.82, 2.24) is 10.6 Å². The summed E-state index contributed by atoms with van der Waals surface area (Å²) in [5.41, 5.74) is 1.05. The molecule has 0 aliphatic rings. The predicted molar refractivity (Wildman–Crippen MR) is 90.0 cm³/mol. The Hall–Kier alpha value is -0.490. The molecule has 2 N–H and O–H groups in total. The number of nitrogens with zero attached hydrogens (tertiary/aromatic N) is 1. The van der Waals surface area contributed by atoms with Crippen molar-refractivity contribution in [2.45, 2.75) is 32.9 Å². The lowest BCUT2D eigenvalue weighted by Crippen LogP contribution is -2.47. The van der Waals surface area contributed by atoms with E-state index in [-0.39, 0.29) is 29.5 Å². The van der Waals surface area contributed by atoms with Gasteiger partial charge in [0.1, 0.15) is 0 Å². The summed E-state index contributed by atoms with van der Waals surface area (Å²) in [5.74, 6) is 0.775. The first kappa shape index (κ1) is 17.5. The van der Waals surface area contributed by atoms with Crippen LogP contribution in [0.3, 0.4) is 0 Å². The summed E-state index contributed by atoms with van der Waals surface area (Å²) in [4.78, 5) is 4.17. The van der Waals surface area contributed by atoms with Gasteiger partial charge in [-0.2, -0.15) is 0 Å². The molecule has 0 spiro atoms. The van der Waals surface area contributed by atoms with Gasteiger partial charge in [0.15, 0.2) is 5.96 Å². The zero-order chi connectivity index (χ0) is 12.9. The van der Waals surface area contributed by atoms with Gasteiger partial charge in [0, 0.05) is 24.2 Å². The predicted octanol–water partition coefficient (Wildman–Crippen LogP) is 3.42. The molecule has 0 unspecified atom stereocenters. The Kier molecular flexibility index (Phi) is 7.62. The lowest BCUT2D eigenvalue weighted by molar-refractivity contribution is 0.501. The number of halogens is 2. The molecule has 0 radical (unpaired) electrons. The van der Waals surface area contributed by atoms with Crippen molar-refractivity contribution in [2.24, 2.45) is 4.99 Å². The maximum atomic E-state index is 6.08. The van der Waals surface area contributed by atoms with Crippen molar-refractivity contribution in [2.75, 3.05) is 7.05 Å². The fourth-order valence-electron chi connectivity index (χ4n) is 1.36. The maximum Gasteiger partial charge on any atom is 0.191 e. The second-order valence-corrected chi connectivity index (χ2v) is 5.30. The van der Waals surface area contributed by atoms with Crippen LogP contribution in [0.2, 0.25) is 5.02 Å². The highest BCUT2D eigenvalue weighted by molar-refractivity contribution is 14.0. The number of benzene rings is 1. The molecule has 102 valence electrons. The van der Waals surface area contributed by atoms with Gasteiger partial charge in [-0.3, -0.25) is 4.99 Å². The minimum atomic E-state index is -0.0116. The summed E-state index contributed by atoms with van der Waals surface area (Å²) in [7, 11) is 1.76. The fourth-order valence-corrected chi connectivity index (χ4v) is 1.56. The van der Waals surface area contributed by atoms with Gasteiger partial charge in [0.2, 0.25) is 0 Å². The molecular weight excluding hydrogens is 361 g/mol. The van der Waals surface area contributed by atoms with Gasteiger partial charge in [0.05, 0.1) is 0 Å². The van der Waals surface area contributed by atoms with E-state index in [9.17, 15) is 0 Å². The lowest BCUT2D eigenvalue weighted by Gasteiger charge is -2.23. The first-order valence-electron chi connectivity index (χ1n) is 5.64. The minimum Gasteiger partial charge on any atom is -0.352 e. The third-order valence-corrected chi connectivity index (χ3v) is 2.49. The molecule has 5 heteroatoms. The minimum absolute atomic E-state index is 0. The van der Waals surface area contributed by atoms with Gasteiger partial charge in [-0.1, -0.05) is 29.8 Å². The van der Waals surface area contributed by atoms with Crippen molar-refractivity contribution >= 4 is 41.5 Å². The molecule has 0 heterocycles. The van der Waals surface area contributed by atoms with Crippen LogP contribution in [-0.2, 0) is 6.54 Å². The standard InChI is InChI=1S/C13H20ClN3.HI/c1-13(2,3)17-12(15-4)16-9-10-7-5-6-8-11(10)14;/h5-8H,9H2,1-4H3,(H2,15,16,17);1H. The van der Waals surface area contributed by atoms with Gasteiger partial charge in [-0.25, -0.2) is 0 Å². The van der Waals surface area contributed by atoms with Crippen molar-refractivity contribution in [3.63, 3.8) is 0 Å². The first-order valence-corrected chi connectivity index (χ1v) is 6.02. The van der Waals surface area contributed by atoms with Crippen molar-refractivity contribution in [1.29, 1.82) is 0 Å². The Morgan fingerprint density at radius 3 is 2.39 bits per heavy atom. The lowest BCUT2D eigenvalue weighted by atomic mass is 10.1. The Labute approximate surface area is 131 Å². The molecule has 0 atom stereocenters. The highest BCUT2D eigenvalue weighted by Crippen LogP contribution is 2.14. The molecule has 0 aromatic heterocycles. The Balaban J connectivity index is 0.00000289. The van der Waals surface area contributed by atoms with E-state index in [0.29, 0.717) is 6.54 Å². The molecular formula is C13H21ClIN3. The van der Waals surface area contributed by atoms with E-state index in [2.05, 4.69) is 36.4 Å². The van der Waals surface area contributed by atoms with Gasteiger partial charge >= 0.3 is 0 Å². The van der Waals surface area contributed by atoms with Gasteiger partial charge in [0.25, 0.3) is 0 Å². The molecule has 0 saturated carbocycles. The zero-order valence-corrected chi connectivity index (χ0v) is 14.3. The maximum absolute atomic E-state index is 6.08. The van der Waals surface area contributed by atoms with Gasteiger partial charge in [-0.05, 0) is 32.4 Å². The van der Waals surface area contributed by atoms with Gasteiger partial charge in [-0.15, -0.1) is 24.0 Å². The van der Waals surface area contributed by atoms with Crippen LogP contribution in [-0.4, -0.2) is 18.5 Å². The fraction of sp³-hybridized carbons (Fsp3) is 0.462. The molecule has 0 aliphatic carbocycles. The highest BCUT2D eigenvalue weighted by Gasteiger charge is 2.11. The Bertz CT molecular complexity index is 399. The van der Waals surface area contributed by atoms with Crippen LogP contribution in [0.15, 0.2) is 29.3 Å². The highest BCUT2D eigenvalue weighted by atomic mass is 127. The monoisotopic (exact) mass is 381 g/mol. The van der Waals surface area contributed by atoms with Crippen LogP contribution < -0.4 is 10.6 Å². The average molecular weight is 382 g/mol. The number of rotatable bonds is 2. The molecule has 1 rings (SSSR count). The summed E-state index contributed by atoms with van der Waals surface area (Å²) in [6.07, 6.45) is 0. The quantitative estimate of drug-likeness (QED) is 0.468. The largest absolute Gasteiger partial charge is 0.352 e. The molecule has 1 aromatic rings. The van der Waals surface area contributed by atoms with Crippen LogP contribution in [0.5, 0.6) is 0 Å². The average Bonchev–Trinajstić information content (AvgIpc) is 2.24. The number of hydrogen-bond acceptors (Lipinski definition) is 1. The number of aliphatic imine (C=N–C) groups is 1. The smallest absolute Gasteiger partial charge is 0.191 e. The van der Waals surface area contributed by atoms with Crippen LogP contribution in [0.25, 0.3) is 0 Å². The van der Waals surface area contributed by atoms with E-state index in [1.165, 1.54) is 0 Å². The first-order chi connectivity index (χ1) is 7.92. The van der Waals surface area contributed by atoms with Crippen LogP contribution in [0.4, 0.5) is 0 Å². The van der Waals surface area contributed by atoms with E-state index in [1.54, 1.807) is 7.05 Å². The van der Waals surface area contributed by atoms with E-state index in [0.717, 1.165) is 16.5 Å². The van der Waals surface area contributed by atoms with Crippen LogP contribution in [0.1, 0.15) is 26.3 Å². The molecule has 0 saturated heterocycles. The topological polar surface area (TPSA) is 36.4 Å². The van der Waals surface area contributed by atoms with Gasteiger partial charge < -0.3 is 10.6 Å². The third kappa shape index (κ3) is 6.44. The SMILES string of the molecule is CN=C(NCc1ccccc1Cl)NC(C)(C)C.I. The third-order valence-electron chi connectivity index (χ3n) is 2.12. The Morgan fingerprint density at radius 1 is 1.28 bits per heavy atom. The zero-order valence-electron chi connectivity index (χ0n) is 11.2. The summed E-state index contributed by atoms with van der Waals surface area (Å²) < 4.78 is 0. The van der Waals surface area contributed by atoms with E-state index >= 15 is 0 Å². The molecule has 0 bridgehead atoms. The molecule has 0 amide bonds. The number of guanidine groups is 1.